The first-order valence-electron chi connectivity index (χ1n) is 5.41. The van der Waals surface area contributed by atoms with Gasteiger partial charge in [0.05, 0.1) is 22.0 Å². The minimum atomic E-state index is 0.293. The number of hydrogen-bond donors (Lipinski definition) is 1. The third kappa shape index (κ3) is 2.11. The summed E-state index contributed by atoms with van der Waals surface area (Å²) in [6.07, 6.45) is 0. The molecule has 0 aliphatic carbocycles. The molecule has 2 heterocycles. The molecule has 4 nitrogen and oxygen atoms in total. The average Bonchev–Trinajstić information content (AvgIpc) is 2.56. The average molecular weight is 281 g/mol. The molecule has 2 aromatic heterocycles. The fourth-order valence-electron chi connectivity index (χ4n) is 1.73. The fourth-order valence-corrected chi connectivity index (χ4v) is 2.00. The number of nitrogens with zero attached hydrogens (tertiary/aromatic N) is 3. The van der Waals surface area contributed by atoms with Crippen LogP contribution in [0, 0.1) is 20.8 Å². The molecule has 2 N–H and O–H groups in total. The van der Waals surface area contributed by atoms with E-state index in [-0.39, 0.29) is 0 Å². The van der Waals surface area contributed by atoms with Crippen molar-refractivity contribution < 1.29 is 0 Å². The van der Waals surface area contributed by atoms with Crippen molar-refractivity contribution in [3.05, 3.63) is 39.8 Å². The van der Waals surface area contributed by atoms with Crippen LogP contribution in [0.5, 0.6) is 0 Å². The predicted molar refractivity (Wildman–Crippen MR) is 76.5 cm³/mol. The molecule has 6 heteroatoms. The lowest BCUT2D eigenvalue weighted by Gasteiger charge is -2.09. The number of nitrogens with two attached hydrogens (primary N) is 1. The number of thiocarbonyl (C=S) groups is 1. The molecule has 0 saturated carbocycles. The Hall–Kier alpha value is -1.46. The summed E-state index contributed by atoms with van der Waals surface area (Å²) in [5, 5.41) is 5.00. The molecule has 0 saturated heterocycles. The van der Waals surface area contributed by atoms with Crippen molar-refractivity contribution in [3.8, 4) is 5.82 Å². The van der Waals surface area contributed by atoms with Gasteiger partial charge in [-0.2, -0.15) is 5.10 Å². The van der Waals surface area contributed by atoms with Crippen molar-refractivity contribution in [1.82, 2.24) is 14.8 Å². The molecule has 2 aromatic rings. The van der Waals surface area contributed by atoms with Crippen LogP contribution in [0.15, 0.2) is 12.1 Å². The van der Waals surface area contributed by atoms with Gasteiger partial charge in [-0.15, -0.1) is 0 Å². The normalized spacial score (nSPS) is 10.7. The van der Waals surface area contributed by atoms with Gasteiger partial charge in [0.2, 0.25) is 0 Å². The number of aryl methyl sites for hydroxylation is 2. The Morgan fingerprint density at radius 3 is 2.50 bits per heavy atom. The van der Waals surface area contributed by atoms with Gasteiger partial charge < -0.3 is 5.73 Å². The SMILES string of the molecule is Cc1ccc(C(N)=S)c(-n2nc(C)c(Cl)c2C)n1. The van der Waals surface area contributed by atoms with E-state index in [0.29, 0.717) is 21.4 Å². The van der Waals surface area contributed by atoms with Gasteiger partial charge in [0.1, 0.15) is 4.99 Å². The number of hydrogen-bond acceptors (Lipinski definition) is 3. The third-order valence-corrected chi connectivity index (χ3v) is 3.45. The second-order valence-corrected chi connectivity index (χ2v) is 4.90. The molecule has 94 valence electrons. The molecule has 0 atom stereocenters. The summed E-state index contributed by atoms with van der Waals surface area (Å²) in [5.74, 6) is 0.620. The van der Waals surface area contributed by atoms with Crippen LogP contribution < -0.4 is 5.73 Å². The van der Waals surface area contributed by atoms with Gasteiger partial charge in [0.25, 0.3) is 0 Å². The second-order valence-electron chi connectivity index (χ2n) is 4.08. The molecule has 0 radical (unpaired) electrons. The summed E-state index contributed by atoms with van der Waals surface area (Å²) < 4.78 is 1.68. The van der Waals surface area contributed by atoms with Gasteiger partial charge in [-0.05, 0) is 32.9 Å². The topological polar surface area (TPSA) is 56.7 Å². The van der Waals surface area contributed by atoms with Crippen LogP contribution in [-0.4, -0.2) is 19.8 Å². The quantitative estimate of drug-likeness (QED) is 0.859. The summed E-state index contributed by atoms with van der Waals surface area (Å²) in [6, 6.07) is 3.72. The molecule has 0 aliphatic rings. The Balaban J connectivity index is 2.73. The van der Waals surface area contributed by atoms with Gasteiger partial charge >= 0.3 is 0 Å². The van der Waals surface area contributed by atoms with Gasteiger partial charge in [-0.3, -0.25) is 0 Å². The lowest BCUT2D eigenvalue weighted by atomic mass is 10.2. The summed E-state index contributed by atoms with van der Waals surface area (Å²) in [5.41, 5.74) is 8.86. The van der Waals surface area contributed by atoms with Gasteiger partial charge in [-0.25, -0.2) is 9.67 Å². The van der Waals surface area contributed by atoms with Crippen molar-refractivity contribution in [3.63, 3.8) is 0 Å². The maximum Gasteiger partial charge on any atom is 0.164 e. The Bertz CT molecular complexity index is 633. The highest BCUT2D eigenvalue weighted by molar-refractivity contribution is 7.80. The summed E-state index contributed by atoms with van der Waals surface area (Å²) in [4.78, 5) is 4.75. The van der Waals surface area contributed by atoms with Crippen molar-refractivity contribution in [1.29, 1.82) is 0 Å². The predicted octanol–water partition coefficient (Wildman–Crippen LogP) is 2.48. The van der Waals surface area contributed by atoms with Crippen LogP contribution in [0.4, 0.5) is 0 Å². The first-order valence-corrected chi connectivity index (χ1v) is 6.20. The van der Waals surface area contributed by atoms with Crippen molar-refractivity contribution >= 4 is 28.8 Å². The molecule has 2 rings (SSSR count). The van der Waals surface area contributed by atoms with Crippen molar-refractivity contribution in [2.24, 2.45) is 5.73 Å². The summed E-state index contributed by atoms with van der Waals surface area (Å²) >= 11 is 11.2. The smallest absolute Gasteiger partial charge is 0.164 e. The fraction of sp³-hybridized carbons (Fsp3) is 0.250. The number of pyridine rings is 1. The van der Waals surface area contributed by atoms with Crippen LogP contribution in [0.25, 0.3) is 5.82 Å². The highest BCUT2D eigenvalue weighted by Crippen LogP contribution is 2.23. The van der Waals surface area contributed by atoms with Crippen LogP contribution in [0.2, 0.25) is 5.02 Å². The summed E-state index contributed by atoms with van der Waals surface area (Å²) in [6.45, 7) is 5.64. The van der Waals surface area contributed by atoms with Gasteiger partial charge in [0.15, 0.2) is 5.82 Å². The minimum absolute atomic E-state index is 0.293. The van der Waals surface area contributed by atoms with E-state index in [4.69, 9.17) is 29.6 Å². The Morgan fingerprint density at radius 1 is 1.33 bits per heavy atom. The van der Waals surface area contributed by atoms with Crippen LogP contribution in [0.3, 0.4) is 0 Å². The molecule has 0 fully saturated rings. The van der Waals surface area contributed by atoms with Crippen molar-refractivity contribution in [2.45, 2.75) is 20.8 Å². The molecule has 0 aliphatic heterocycles. The highest BCUT2D eigenvalue weighted by Gasteiger charge is 2.16. The molecular weight excluding hydrogens is 268 g/mol. The van der Waals surface area contributed by atoms with Crippen LogP contribution >= 0.6 is 23.8 Å². The minimum Gasteiger partial charge on any atom is -0.389 e. The lowest BCUT2D eigenvalue weighted by Crippen LogP contribution is -2.16. The summed E-state index contributed by atoms with van der Waals surface area (Å²) in [7, 11) is 0. The zero-order valence-corrected chi connectivity index (χ0v) is 11.9. The third-order valence-electron chi connectivity index (χ3n) is 2.68. The first kappa shape index (κ1) is 13.0. The van der Waals surface area contributed by atoms with Crippen LogP contribution in [-0.2, 0) is 0 Å². The zero-order valence-electron chi connectivity index (χ0n) is 10.4. The van der Waals surface area contributed by atoms with E-state index in [9.17, 15) is 0 Å². The molecule has 0 aromatic carbocycles. The van der Waals surface area contributed by atoms with E-state index in [1.807, 2.05) is 32.9 Å². The van der Waals surface area contributed by atoms with E-state index in [0.717, 1.165) is 17.1 Å². The van der Waals surface area contributed by atoms with Gasteiger partial charge in [-0.1, -0.05) is 23.8 Å². The van der Waals surface area contributed by atoms with E-state index < -0.39 is 0 Å². The molecule has 0 spiro atoms. The Labute approximate surface area is 116 Å². The molecule has 18 heavy (non-hydrogen) atoms. The van der Waals surface area contributed by atoms with Crippen molar-refractivity contribution in [2.75, 3.05) is 0 Å². The van der Waals surface area contributed by atoms with Gasteiger partial charge in [0, 0.05) is 5.69 Å². The second kappa shape index (κ2) is 4.66. The number of rotatable bonds is 2. The monoisotopic (exact) mass is 280 g/mol. The molecule has 0 unspecified atom stereocenters. The maximum absolute atomic E-state index is 6.14. The van der Waals surface area contributed by atoms with E-state index in [1.165, 1.54) is 0 Å². The molecule has 0 bridgehead atoms. The lowest BCUT2D eigenvalue weighted by molar-refractivity contribution is 0.800. The highest BCUT2D eigenvalue weighted by atomic mass is 35.5. The standard InChI is InChI=1S/C12H13ClN4S/c1-6-4-5-9(11(14)18)12(15-6)17-8(3)10(13)7(2)16-17/h4-5H,1-3H3,(H2,14,18). The molecular formula is C12H13ClN4S. The van der Waals surface area contributed by atoms with E-state index >= 15 is 0 Å². The van der Waals surface area contributed by atoms with E-state index in [1.54, 1.807) is 4.68 Å². The largest absolute Gasteiger partial charge is 0.389 e. The zero-order chi connectivity index (χ0) is 13.4. The maximum atomic E-state index is 6.14. The Morgan fingerprint density at radius 2 is 2.00 bits per heavy atom. The Kier molecular flexibility index (Phi) is 3.36. The van der Waals surface area contributed by atoms with Crippen LogP contribution in [0.1, 0.15) is 22.6 Å². The van der Waals surface area contributed by atoms with E-state index in [2.05, 4.69) is 10.1 Å². The first-order chi connectivity index (χ1) is 8.41. The number of halogens is 1. The number of aromatic nitrogens is 3. The molecule has 0 amide bonds.